The Morgan fingerprint density at radius 1 is 1.41 bits per heavy atom. The SMILES string of the molecule is CC1(C)CC2(C=C(N)C1=O)CN(C(=O)c1cc3ncc(Br)cn3n1)CCO2. The van der Waals surface area contributed by atoms with E-state index < -0.39 is 11.0 Å². The van der Waals surface area contributed by atoms with Gasteiger partial charge in [-0.15, -0.1) is 0 Å². The standard InChI is InChI=1S/C18H20BrN5O3/c1-17(2)9-18(6-12(20)15(17)25)10-23(3-4-27-18)16(26)13-5-14-21-7-11(19)8-24(14)22-13/h5-8H,3-4,9-10,20H2,1-2H3. The third kappa shape index (κ3) is 3.14. The van der Waals surface area contributed by atoms with Crippen LogP contribution in [0.5, 0.6) is 0 Å². The molecule has 9 heteroatoms. The number of ether oxygens (including phenoxy) is 1. The number of ketones is 1. The van der Waals surface area contributed by atoms with Gasteiger partial charge in [-0.05, 0) is 28.4 Å². The summed E-state index contributed by atoms with van der Waals surface area (Å²) in [6, 6.07) is 1.66. The zero-order chi connectivity index (χ0) is 19.4. The van der Waals surface area contributed by atoms with Gasteiger partial charge in [-0.3, -0.25) is 9.59 Å². The summed E-state index contributed by atoms with van der Waals surface area (Å²) >= 11 is 3.34. The van der Waals surface area contributed by atoms with Gasteiger partial charge in [0.05, 0.1) is 23.3 Å². The second-order valence-corrected chi connectivity index (χ2v) is 8.65. The number of nitrogens with two attached hydrogens (primary N) is 1. The Hall–Kier alpha value is -2.26. The summed E-state index contributed by atoms with van der Waals surface area (Å²) in [6.45, 7) is 4.86. The molecular formula is C18H20BrN5O3. The largest absolute Gasteiger partial charge is 0.396 e. The van der Waals surface area contributed by atoms with E-state index in [4.69, 9.17) is 10.5 Å². The van der Waals surface area contributed by atoms with Gasteiger partial charge in [-0.1, -0.05) is 13.8 Å². The third-order valence-corrected chi connectivity index (χ3v) is 5.44. The number of hydrogen-bond acceptors (Lipinski definition) is 6. The van der Waals surface area contributed by atoms with Crippen LogP contribution in [0.2, 0.25) is 0 Å². The van der Waals surface area contributed by atoms with Crippen molar-refractivity contribution in [1.82, 2.24) is 19.5 Å². The van der Waals surface area contributed by atoms with E-state index in [9.17, 15) is 9.59 Å². The molecule has 0 radical (unpaired) electrons. The molecule has 1 fully saturated rings. The molecule has 0 aromatic carbocycles. The molecule has 1 unspecified atom stereocenters. The van der Waals surface area contributed by atoms with Crippen LogP contribution in [0.1, 0.15) is 30.8 Å². The normalized spacial score (nSPS) is 25.1. The Labute approximate surface area is 164 Å². The molecule has 142 valence electrons. The maximum Gasteiger partial charge on any atom is 0.274 e. The minimum Gasteiger partial charge on any atom is -0.396 e. The van der Waals surface area contributed by atoms with Crippen LogP contribution in [0.25, 0.3) is 5.65 Å². The number of Topliss-reactive ketones (excluding diaryl/α,β-unsaturated/α-hetero) is 1. The van der Waals surface area contributed by atoms with Crippen LogP contribution in [-0.4, -0.2) is 56.5 Å². The summed E-state index contributed by atoms with van der Waals surface area (Å²) < 4.78 is 8.34. The molecule has 1 atom stereocenters. The number of hydrogen-bond donors (Lipinski definition) is 1. The minimum atomic E-state index is -0.754. The van der Waals surface area contributed by atoms with E-state index in [0.29, 0.717) is 37.5 Å². The number of allylic oxidation sites excluding steroid dienone is 1. The van der Waals surface area contributed by atoms with Crippen LogP contribution in [0.15, 0.2) is 34.7 Å². The lowest BCUT2D eigenvalue weighted by Crippen LogP contribution is -2.57. The topological polar surface area (TPSA) is 103 Å². The van der Waals surface area contributed by atoms with E-state index in [1.165, 1.54) is 0 Å². The Bertz CT molecular complexity index is 983. The first-order chi connectivity index (χ1) is 12.7. The van der Waals surface area contributed by atoms with E-state index in [-0.39, 0.29) is 17.4 Å². The molecule has 1 saturated heterocycles. The van der Waals surface area contributed by atoms with E-state index in [2.05, 4.69) is 26.0 Å². The second-order valence-electron chi connectivity index (χ2n) is 7.73. The summed E-state index contributed by atoms with van der Waals surface area (Å²) in [5, 5.41) is 4.34. The highest BCUT2D eigenvalue weighted by Crippen LogP contribution is 2.40. The van der Waals surface area contributed by atoms with Crippen molar-refractivity contribution in [2.45, 2.75) is 25.9 Å². The van der Waals surface area contributed by atoms with Crippen molar-refractivity contribution in [3.8, 4) is 0 Å². The Kier molecular flexibility index (Phi) is 4.12. The zero-order valence-corrected chi connectivity index (χ0v) is 16.7. The van der Waals surface area contributed by atoms with Crippen LogP contribution >= 0.6 is 15.9 Å². The van der Waals surface area contributed by atoms with Crippen LogP contribution < -0.4 is 5.73 Å². The number of nitrogens with zero attached hydrogens (tertiary/aromatic N) is 4. The molecule has 2 N–H and O–H groups in total. The number of amides is 1. The van der Waals surface area contributed by atoms with Crippen molar-refractivity contribution >= 4 is 33.3 Å². The number of halogens is 1. The van der Waals surface area contributed by atoms with Gasteiger partial charge < -0.3 is 15.4 Å². The maximum absolute atomic E-state index is 13.0. The summed E-state index contributed by atoms with van der Waals surface area (Å²) in [6.07, 6.45) is 5.55. The van der Waals surface area contributed by atoms with Crippen molar-refractivity contribution in [2.75, 3.05) is 19.7 Å². The van der Waals surface area contributed by atoms with Crippen molar-refractivity contribution in [2.24, 2.45) is 11.1 Å². The van der Waals surface area contributed by atoms with Gasteiger partial charge in [0.2, 0.25) is 0 Å². The predicted molar refractivity (Wildman–Crippen MR) is 101 cm³/mol. The van der Waals surface area contributed by atoms with Crippen molar-refractivity contribution < 1.29 is 14.3 Å². The highest BCUT2D eigenvalue weighted by Gasteiger charge is 2.48. The molecule has 27 heavy (non-hydrogen) atoms. The Morgan fingerprint density at radius 2 is 2.19 bits per heavy atom. The number of aromatic nitrogens is 3. The molecule has 2 aliphatic rings. The van der Waals surface area contributed by atoms with Crippen LogP contribution in [0.3, 0.4) is 0 Å². The van der Waals surface area contributed by atoms with Gasteiger partial charge in [0.25, 0.3) is 5.91 Å². The average molecular weight is 434 g/mol. The van der Waals surface area contributed by atoms with Crippen molar-refractivity contribution in [3.63, 3.8) is 0 Å². The van der Waals surface area contributed by atoms with Crippen LogP contribution in [-0.2, 0) is 9.53 Å². The van der Waals surface area contributed by atoms with E-state index in [1.54, 1.807) is 34.0 Å². The molecule has 2 aromatic rings. The summed E-state index contributed by atoms with van der Waals surface area (Å²) in [7, 11) is 0. The fourth-order valence-electron chi connectivity index (χ4n) is 3.91. The fraction of sp³-hybridized carbons (Fsp3) is 0.444. The van der Waals surface area contributed by atoms with Crippen molar-refractivity contribution in [1.29, 1.82) is 0 Å². The van der Waals surface area contributed by atoms with E-state index in [1.807, 2.05) is 13.8 Å². The molecule has 1 amide bonds. The number of carbonyl (C=O) groups excluding carboxylic acids is 2. The third-order valence-electron chi connectivity index (χ3n) is 5.03. The molecule has 4 rings (SSSR count). The molecule has 0 saturated carbocycles. The molecule has 1 aliphatic carbocycles. The van der Waals surface area contributed by atoms with Gasteiger partial charge >= 0.3 is 0 Å². The highest BCUT2D eigenvalue weighted by molar-refractivity contribution is 9.10. The lowest BCUT2D eigenvalue weighted by molar-refractivity contribution is -0.135. The fourth-order valence-corrected chi connectivity index (χ4v) is 4.21. The predicted octanol–water partition coefficient (Wildman–Crippen LogP) is 1.54. The number of rotatable bonds is 1. The van der Waals surface area contributed by atoms with E-state index in [0.717, 1.165) is 4.47 Å². The Balaban J connectivity index is 1.62. The summed E-state index contributed by atoms with van der Waals surface area (Å²) in [5.41, 5.74) is 5.68. The molecule has 0 bridgehead atoms. The van der Waals surface area contributed by atoms with Crippen LogP contribution in [0, 0.1) is 5.41 Å². The zero-order valence-electron chi connectivity index (χ0n) is 15.1. The molecule has 3 heterocycles. The number of morpholine rings is 1. The van der Waals surface area contributed by atoms with Gasteiger partial charge in [0.15, 0.2) is 17.1 Å². The maximum atomic E-state index is 13.0. The van der Waals surface area contributed by atoms with Gasteiger partial charge in [-0.25, -0.2) is 9.50 Å². The van der Waals surface area contributed by atoms with Gasteiger partial charge in [-0.2, -0.15) is 5.10 Å². The molecule has 1 aliphatic heterocycles. The smallest absolute Gasteiger partial charge is 0.274 e. The molecule has 2 aromatic heterocycles. The second kappa shape index (κ2) is 6.13. The summed E-state index contributed by atoms with van der Waals surface area (Å²) in [4.78, 5) is 31.3. The highest BCUT2D eigenvalue weighted by atomic mass is 79.9. The molecular weight excluding hydrogens is 414 g/mol. The van der Waals surface area contributed by atoms with Gasteiger partial charge in [0.1, 0.15) is 5.60 Å². The molecule has 1 spiro atoms. The lowest BCUT2D eigenvalue weighted by atomic mass is 9.71. The first kappa shape index (κ1) is 18.1. The number of carbonyl (C=O) groups is 2. The first-order valence-electron chi connectivity index (χ1n) is 8.66. The van der Waals surface area contributed by atoms with Gasteiger partial charge in [0, 0.05) is 30.4 Å². The number of fused-ring (bicyclic) bond motifs is 1. The quantitative estimate of drug-likeness (QED) is 0.731. The Morgan fingerprint density at radius 3 is 2.93 bits per heavy atom. The summed E-state index contributed by atoms with van der Waals surface area (Å²) in [5.74, 6) is -0.279. The molecule has 8 nitrogen and oxygen atoms in total. The van der Waals surface area contributed by atoms with Crippen LogP contribution in [0.4, 0.5) is 0 Å². The lowest BCUT2D eigenvalue weighted by Gasteiger charge is -2.46. The average Bonchev–Trinajstić information content (AvgIpc) is 3.01. The van der Waals surface area contributed by atoms with Crippen molar-refractivity contribution in [3.05, 3.63) is 40.4 Å². The monoisotopic (exact) mass is 433 g/mol. The van der Waals surface area contributed by atoms with E-state index >= 15 is 0 Å². The minimum absolute atomic E-state index is 0.0859. The first-order valence-corrected chi connectivity index (χ1v) is 9.46.